The lowest BCUT2D eigenvalue weighted by atomic mass is 10.2. The molecule has 0 unspecified atom stereocenters. The van der Waals surface area contributed by atoms with Crippen molar-refractivity contribution >= 4 is 11.6 Å². The molecule has 0 aromatic heterocycles. The van der Waals surface area contributed by atoms with Crippen LogP contribution in [0.1, 0.15) is 12.0 Å². The van der Waals surface area contributed by atoms with E-state index in [2.05, 4.69) is 5.32 Å². The molecule has 0 aliphatic carbocycles. The quantitative estimate of drug-likeness (QED) is 0.859. The highest BCUT2D eigenvalue weighted by atomic mass is 19.1. The fraction of sp³-hybridized carbons (Fsp3) is 0.188. The molecule has 2 aromatic rings. The van der Waals surface area contributed by atoms with Gasteiger partial charge in [-0.15, -0.1) is 0 Å². The highest BCUT2D eigenvalue weighted by Crippen LogP contribution is 2.15. The molecule has 0 saturated carbocycles. The lowest BCUT2D eigenvalue weighted by molar-refractivity contribution is -0.116. The zero-order valence-corrected chi connectivity index (χ0v) is 11.4. The van der Waals surface area contributed by atoms with Gasteiger partial charge >= 0.3 is 0 Å². The minimum atomic E-state index is -0.450. The molecule has 0 radical (unpaired) electrons. The van der Waals surface area contributed by atoms with E-state index in [0.29, 0.717) is 5.69 Å². The Kier molecular flexibility index (Phi) is 5.29. The summed E-state index contributed by atoms with van der Waals surface area (Å²) in [5, 5.41) is 11.7. The molecule has 0 saturated heterocycles. The van der Waals surface area contributed by atoms with Crippen molar-refractivity contribution in [2.75, 3.05) is 11.9 Å². The number of benzene rings is 2. The first-order valence-corrected chi connectivity index (χ1v) is 6.56. The number of carbonyl (C=O) groups is 1. The van der Waals surface area contributed by atoms with Crippen molar-refractivity contribution in [3.8, 4) is 5.75 Å². The Hall–Kier alpha value is -2.40. The highest BCUT2D eigenvalue weighted by molar-refractivity contribution is 5.90. The number of para-hydroxylation sites is 1. The SMILES string of the molecule is O=C(CCOc1ccccc1F)Nc1cccc(CO)c1. The molecule has 1 amide bonds. The summed E-state index contributed by atoms with van der Waals surface area (Å²) in [6, 6.07) is 13.0. The van der Waals surface area contributed by atoms with Crippen molar-refractivity contribution in [3.05, 3.63) is 59.9 Å². The maximum atomic E-state index is 13.3. The molecule has 110 valence electrons. The second kappa shape index (κ2) is 7.40. The van der Waals surface area contributed by atoms with Crippen LogP contribution in [0.4, 0.5) is 10.1 Å². The predicted molar refractivity (Wildman–Crippen MR) is 77.5 cm³/mol. The van der Waals surface area contributed by atoms with Crippen molar-refractivity contribution < 1.29 is 19.0 Å². The molecular formula is C16H16FNO3. The first kappa shape index (κ1) is 15.0. The highest BCUT2D eigenvalue weighted by Gasteiger charge is 2.05. The normalized spacial score (nSPS) is 10.2. The predicted octanol–water partition coefficient (Wildman–Crippen LogP) is 2.73. The van der Waals surface area contributed by atoms with Gasteiger partial charge in [-0.25, -0.2) is 4.39 Å². The van der Waals surface area contributed by atoms with Gasteiger partial charge in [0.15, 0.2) is 11.6 Å². The minimum absolute atomic E-state index is 0.0832. The maximum Gasteiger partial charge on any atom is 0.227 e. The number of aliphatic hydroxyl groups excluding tert-OH is 1. The van der Waals surface area contributed by atoms with Gasteiger partial charge in [-0.3, -0.25) is 4.79 Å². The van der Waals surface area contributed by atoms with E-state index in [0.717, 1.165) is 5.56 Å². The van der Waals surface area contributed by atoms with Crippen LogP contribution in [-0.4, -0.2) is 17.6 Å². The smallest absolute Gasteiger partial charge is 0.227 e. The number of ether oxygens (including phenoxy) is 1. The molecule has 2 N–H and O–H groups in total. The van der Waals surface area contributed by atoms with E-state index in [9.17, 15) is 9.18 Å². The van der Waals surface area contributed by atoms with Gasteiger partial charge in [-0.05, 0) is 29.8 Å². The van der Waals surface area contributed by atoms with E-state index in [1.165, 1.54) is 12.1 Å². The summed E-state index contributed by atoms with van der Waals surface area (Å²) in [6.07, 6.45) is 0.109. The Morgan fingerprint density at radius 1 is 1.19 bits per heavy atom. The average molecular weight is 289 g/mol. The van der Waals surface area contributed by atoms with Gasteiger partial charge in [-0.1, -0.05) is 24.3 Å². The molecule has 0 atom stereocenters. The van der Waals surface area contributed by atoms with Crippen molar-refractivity contribution in [3.63, 3.8) is 0 Å². The third-order valence-electron chi connectivity index (χ3n) is 2.82. The number of rotatable bonds is 6. The van der Waals surface area contributed by atoms with E-state index in [4.69, 9.17) is 9.84 Å². The molecule has 21 heavy (non-hydrogen) atoms. The Morgan fingerprint density at radius 2 is 2.00 bits per heavy atom. The number of nitrogens with one attached hydrogen (secondary N) is 1. The zero-order chi connectivity index (χ0) is 15.1. The first-order valence-electron chi connectivity index (χ1n) is 6.56. The van der Waals surface area contributed by atoms with Crippen molar-refractivity contribution in [1.82, 2.24) is 0 Å². The van der Waals surface area contributed by atoms with Gasteiger partial charge in [0.25, 0.3) is 0 Å². The summed E-state index contributed by atoms with van der Waals surface area (Å²) < 4.78 is 18.5. The first-order chi connectivity index (χ1) is 10.2. The van der Waals surface area contributed by atoms with Gasteiger partial charge in [0.05, 0.1) is 19.6 Å². The molecule has 4 nitrogen and oxygen atoms in total. The Labute approximate surface area is 122 Å². The Balaban J connectivity index is 1.81. The molecule has 0 heterocycles. The molecule has 2 rings (SSSR count). The Bertz CT molecular complexity index is 616. The second-order valence-electron chi connectivity index (χ2n) is 4.44. The van der Waals surface area contributed by atoms with E-state index in [1.54, 1.807) is 36.4 Å². The van der Waals surface area contributed by atoms with E-state index in [1.807, 2.05) is 0 Å². The molecule has 0 bridgehead atoms. The number of halogens is 1. The van der Waals surface area contributed by atoms with Gasteiger partial charge in [0.1, 0.15) is 0 Å². The summed E-state index contributed by atoms with van der Waals surface area (Å²) >= 11 is 0. The fourth-order valence-electron chi connectivity index (χ4n) is 1.79. The van der Waals surface area contributed by atoms with Crippen LogP contribution in [0.25, 0.3) is 0 Å². The molecule has 0 spiro atoms. The summed E-state index contributed by atoms with van der Waals surface area (Å²) in [5.41, 5.74) is 1.33. The second-order valence-corrected chi connectivity index (χ2v) is 4.44. The van der Waals surface area contributed by atoms with Crippen molar-refractivity contribution in [1.29, 1.82) is 0 Å². The number of amides is 1. The molecule has 0 fully saturated rings. The van der Waals surface area contributed by atoms with E-state index < -0.39 is 5.82 Å². The Morgan fingerprint density at radius 3 is 2.76 bits per heavy atom. The molecule has 0 aliphatic heterocycles. The molecule has 5 heteroatoms. The van der Waals surface area contributed by atoms with Gasteiger partial charge in [0.2, 0.25) is 5.91 Å². The fourth-order valence-corrected chi connectivity index (χ4v) is 1.79. The third-order valence-corrected chi connectivity index (χ3v) is 2.82. The lowest BCUT2D eigenvalue weighted by Crippen LogP contribution is -2.15. The summed E-state index contributed by atoms with van der Waals surface area (Å²) in [7, 11) is 0. The summed E-state index contributed by atoms with van der Waals surface area (Å²) in [4.78, 5) is 11.7. The van der Waals surface area contributed by atoms with Crippen LogP contribution in [-0.2, 0) is 11.4 Å². The van der Waals surface area contributed by atoms with Gasteiger partial charge < -0.3 is 15.2 Å². The third kappa shape index (κ3) is 4.57. The van der Waals surface area contributed by atoms with Gasteiger partial charge in [0, 0.05) is 5.69 Å². The number of hydrogen-bond donors (Lipinski definition) is 2. The van der Waals surface area contributed by atoms with Crippen LogP contribution < -0.4 is 10.1 Å². The van der Waals surface area contributed by atoms with Crippen LogP contribution in [0.15, 0.2) is 48.5 Å². The number of aliphatic hydroxyl groups is 1. The van der Waals surface area contributed by atoms with E-state index >= 15 is 0 Å². The van der Waals surface area contributed by atoms with Crippen LogP contribution in [0.5, 0.6) is 5.75 Å². The molecule has 0 aliphatic rings. The largest absolute Gasteiger partial charge is 0.490 e. The van der Waals surface area contributed by atoms with E-state index in [-0.39, 0.29) is 31.3 Å². The lowest BCUT2D eigenvalue weighted by Gasteiger charge is -2.08. The van der Waals surface area contributed by atoms with Crippen molar-refractivity contribution in [2.24, 2.45) is 0 Å². The number of anilines is 1. The van der Waals surface area contributed by atoms with Crippen LogP contribution in [0, 0.1) is 5.82 Å². The number of hydrogen-bond acceptors (Lipinski definition) is 3. The van der Waals surface area contributed by atoms with Gasteiger partial charge in [-0.2, -0.15) is 0 Å². The molecule has 2 aromatic carbocycles. The minimum Gasteiger partial charge on any atom is -0.490 e. The average Bonchev–Trinajstić information content (AvgIpc) is 2.49. The molecular weight excluding hydrogens is 273 g/mol. The standard InChI is InChI=1S/C16H16FNO3/c17-14-6-1-2-7-15(14)21-9-8-16(20)18-13-5-3-4-12(10-13)11-19/h1-7,10,19H,8-9,11H2,(H,18,20). The maximum absolute atomic E-state index is 13.3. The summed E-state index contributed by atoms with van der Waals surface area (Å²) in [5.74, 6) is -0.553. The topological polar surface area (TPSA) is 58.6 Å². The van der Waals surface area contributed by atoms with Crippen LogP contribution in [0.3, 0.4) is 0 Å². The monoisotopic (exact) mass is 289 g/mol. The zero-order valence-electron chi connectivity index (χ0n) is 11.4. The summed E-state index contributed by atoms with van der Waals surface area (Å²) in [6.45, 7) is 0.00651. The van der Waals surface area contributed by atoms with Crippen LogP contribution in [0.2, 0.25) is 0 Å². The van der Waals surface area contributed by atoms with Crippen LogP contribution >= 0.6 is 0 Å². The van der Waals surface area contributed by atoms with Crippen molar-refractivity contribution in [2.45, 2.75) is 13.0 Å². The number of carbonyl (C=O) groups excluding carboxylic acids is 1.